The number of hydrogen-bond donors (Lipinski definition) is 2. The van der Waals surface area contributed by atoms with Gasteiger partial charge in [0, 0.05) is 40.2 Å². The summed E-state index contributed by atoms with van der Waals surface area (Å²) in [5.41, 5.74) is 1.01. The third-order valence-corrected chi connectivity index (χ3v) is 5.10. The molecule has 2 N–H and O–H groups in total. The number of nitrogens with zero attached hydrogens (tertiary/aromatic N) is 2. The van der Waals surface area contributed by atoms with Gasteiger partial charge >= 0.3 is 0 Å². The van der Waals surface area contributed by atoms with Gasteiger partial charge in [0.2, 0.25) is 12.7 Å². The molecule has 2 heterocycles. The maximum atomic E-state index is 11.5. The first-order valence-corrected chi connectivity index (χ1v) is 9.22. The summed E-state index contributed by atoms with van der Waals surface area (Å²) in [4.78, 5) is 18.1. The summed E-state index contributed by atoms with van der Waals surface area (Å²) in [6.45, 7) is 2.59. The molecule has 0 spiro atoms. The van der Waals surface area contributed by atoms with E-state index in [1.165, 1.54) is 0 Å². The Balaban J connectivity index is 1.53. The smallest absolute Gasteiger partial charge is 0.231 e. The van der Waals surface area contributed by atoms with Crippen molar-refractivity contribution in [3.63, 3.8) is 0 Å². The van der Waals surface area contributed by atoms with Gasteiger partial charge in [-0.15, -0.1) is 0 Å². The van der Waals surface area contributed by atoms with Crippen molar-refractivity contribution >= 4 is 23.5 Å². The number of fused-ring (bicyclic) bond motifs is 1. The van der Waals surface area contributed by atoms with E-state index in [0.29, 0.717) is 35.4 Å². The lowest BCUT2D eigenvalue weighted by Gasteiger charge is -2.34. The molecular formula is C18H25ClN4O3. The number of rotatable bonds is 4. The van der Waals surface area contributed by atoms with Gasteiger partial charge in [-0.1, -0.05) is 11.6 Å². The Morgan fingerprint density at radius 3 is 2.81 bits per heavy atom. The maximum Gasteiger partial charge on any atom is 0.231 e. The second-order valence-electron chi connectivity index (χ2n) is 6.52. The predicted molar refractivity (Wildman–Crippen MR) is 101 cm³/mol. The second kappa shape index (κ2) is 8.49. The fourth-order valence-electron chi connectivity index (χ4n) is 3.35. The number of hydrogen-bond acceptors (Lipinski definition) is 4. The van der Waals surface area contributed by atoms with Gasteiger partial charge in [0.1, 0.15) is 0 Å². The molecule has 2 aliphatic rings. The summed E-state index contributed by atoms with van der Waals surface area (Å²) in [6, 6.07) is 3.81. The van der Waals surface area contributed by atoms with Crippen LogP contribution >= 0.6 is 11.6 Å². The Hall–Kier alpha value is -2.15. The summed E-state index contributed by atoms with van der Waals surface area (Å²) in [5.74, 6) is 2.71. The van der Waals surface area contributed by atoms with Crippen LogP contribution < -0.4 is 20.1 Å². The van der Waals surface area contributed by atoms with Crippen LogP contribution in [-0.2, 0) is 11.3 Å². The fourth-order valence-corrected chi connectivity index (χ4v) is 3.64. The van der Waals surface area contributed by atoms with Gasteiger partial charge in [-0.05, 0) is 36.5 Å². The number of piperidine rings is 1. The third-order valence-electron chi connectivity index (χ3n) is 4.82. The molecule has 7 nitrogen and oxygen atoms in total. The largest absolute Gasteiger partial charge is 0.454 e. The minimum absolute atomic E-state index is 0.116. The SMILES string of the molecule is CN=C(NCc1cc(Cl)c2c(c1)OCO2)N1CCC(CC(=O)NC)CC1. The van der Waals surface area contributed by atoms with E-state index in [1.807, 2.05) is 12.1 Å². The number of ether oxygens (including phenoxy) is 2. The number of carbonyl (C=O) groups is 1. The Bertz CT molecular complexity index is 687. The van der Waals surface area contributed by atoms with Crippen LogP contribution in [0.4, 0.5) is 0 Å². The highest BCUT2D eigenvalue weighted by Gasteiger charge is 2.23. The Morgan fingerprint density at radius 2 is 2.12 bits per heavy atom. The van der Waals surface area contributed by atoms with E-state index in [9.17, 15) is 4.79 Å². The van der Waals surface area contributed by atoms with Crippen LogP contribution in [0.15, 0.2) is 17.1 Å². The summed E-state index contributed by atoms with van der Waals surface area (Å²) in [5, 5.41) is 6.64. The van der Waals surface area contributed by atoms with E-state index in [-0.39, 0.29) is 12.7 Å². The number of halogens is 1. The maximum absolute atomic E-state index is 11.5. The molecule has 0 atom stereocenters. The van der Waals surface area contributed by atoms with Crippen LogP contribution in [0.1, 0.15) is 24.8 Å². The second-order valence-corrected chi connectivity index (χ2v) is 6.93. The predicted octanol–water partition coefficient (Wildman–Crippen LogP) is 1.99. The van der Waals surface area contributed by atoms with Crippen molar-refractivity contribution in [3.05, 3.63) is 22.7 Å². The quantitative estimate of drug-likeness (QED) is 0.617. The number of amides is 1. The van der Waals surface area contributed by atoms with E-state index in [2.05, 4.69) is 20.5 Å². The molecule has 0 saturated carbocycles. The summed E-state index contributed by atoms with van der Waals surface area (Å²) in [6.07, 6.45) is 2.58. The minimum Gasteiger partial charge on any atom is -0.454 e. The Kier molecular flexibility index (Phi) is 6.08. The Morgan fingerprint density at radius 1 is 1.35 bits per heavy atom. The van der Waals surface area contributed by atoms with Crippen molar-refractivity contribution in [3.8, 4) is 11.5 Å². The van der Waals surface area contributed by atoms with Gasteiger partial charge in [-0.2, -0.15) is 0 Å². The minimum atomic E-state index is 0.116. The van der Waals surface area contributed by atoms with Crippen LogP contribution in [0.25, 0.3) is 0 Å². The highest BCUT2D eigenvalue weighted by atomic mass is 35.5. The molecule has 8 heteroatoms. The lowest BCUT2D eigenvalue weighted by Crippen LogP contribution is -2.45. The monoisotopic (exact) mass is 380 g/mol. The average molecular weight is 381 g/mol. The number of benzene rings is 1. The zero-order valence-electron chi connectivity index (χ0n) is 15.2. The summed E-state index contributed by atoms with van der Waals surface area (Å²) >= 11 is 6.24. The number of aliphatic imine (C=N–C) groups is 1. The van der Waals surface area contributed by atoms with Crippen molar-refractivity contribution in [2.75, 3.05) is 34.0 Å². The molecule has 0 unspecified atom stereocenters. The van der Waals surface area contributed by atoms with Gasteiger partial charge in [-0.3, -0.25) is 9.79 Å². The highest BCUT2D eigenvalue weighted by Crippen LogP contribution is 2.39. The van der Waals surface area contributed by atoms with Crippen LogP contribution in [0.5, 0.6) is 11.5 Å². The first-order chi connectivity index (χ1) is 12.6. The van der Waals surface area contributed by atoms with Gasteiger partial charge in [0.05, 0.1) is 5.02 Å². The molecule has 0 aromatic heterocycles. The number of likely N-dealkylation sites (tertiary alicyclic amines) is 1. The van der Waals surface area contributed by atoms with Gasteiger partial charge < -0.3 is 25.0 Å². The molecule has 142 valence electrons. The van der Waals surface area contributed by atoms with E-state index < -0.39 is 0 Å². The lowest BCUT2D eigenvalue weighted by atomic mass is 9.93. The van der Waals surface area contributed by atoms with Crippen molar-refractivity contribution in [1.29, 1.82) is 0 Å². The molecule has 1 fully saturated rings. The van der Waals surface area contributed by atoms with E-state index in [4.69, 9.17) is 21.1 Å². The van der Waals surface area contributed by atoms with Crippen molar-refractivity contribution in [2.45, 2.75) is 25.8 Å². The van der Waals surface area contributed by atoms with E-state index in [0.717, 1.165) is 37.5 Å². The average Bonchev–Trinajstić information content (AvgIpc) is 3.12. The number of nitrogens with one attached hydrogen (secondary N) is 2. The van der Waals surface area contributed by atoms with Crippen LogP contribution in [0.2, 0.25) is 5.02 Å². The lowest BCUT2D eigenvalue weighted by molar-refractivity contribution is -0.121. The normalized spacial score (nSPS) is 17.3. The molecule has 1 aromatic carbocycles. The Labute approximate surface area is 158 Å². The molecule has 26 heavy (non-hydrogen) atoms. The molecule has 1 saturated heterocycles. The van der Waals surface area contributed by atoms with Crippen molar-refractivity contribution in [2.24, 2.45) is 10.9 Å². The third kappa shape index (κ3) is 4.33. The zero-order chi connectivity index (χ0) is 18.5. The topological polar surface area (TPSA) is 75.2 Å². The zero-order valence-corrected chi connectivity index (χ0v) is 15.9. The van der Waals surface area contributed by atoms with Crippen molar-refractivity contribution < 1.29 is 14.3 Å². The van der Waals surface area contributed by atoms with Gasteiger partial charge in [0.25, 0.3) is 0 Å². The molecular weight excluding hydrogens is 356 g/mol. The molecule has 0 radical (unpaired) electrons. The first kappa shape index (κ1) is 18.6. The van der Waals surface area contributed by atoms with E-state index >= 15 is 0 Å². The molecule has 1 amide bonds. The number of carbonyl (C=O) groups excluding carboxylic acids is 1. The molecule has 3 rings (SSSR count). The molecule has 0 aliphatic carbocycles. The summed E-state index contributed by atoms with van der Waals surface area (Å²) in [7, 11) is 3.47. The van der Waals surface area contributed by atoms with E-state index in [1.54, 1.807) is 14.1 Å². The van der Waals surface area contributed by atoms with Gasteiger partial charge in [0.15, 0.2) is 17.5 Å². The molecule has 2 aliphatic heterocycles. The van der Waals surface area contributed by atoms with Crippen LogP contribution in [-0.4, -0.2) is 50.7 Å². The van der Waals surface area contributed by atoms with Gasteiger partial charge in [-0.25, -0.2) is 0 Å². The first-order valence-electron chi connectivity index (χ1n) is 8.85. The van der Waals surface area contributed by atoms with Crippen LogP contribution in [0, 0.1) is 5.92 Å². The highest BCUT2D eigenvalue weighted by molar-refractivity contribution is 6.32. The summed E-state index contributed by atoms with van der Waals surface area (Å²) < 4.78 is 10.8. The number of guanidine groups is 1. The standard InChI is InChI=1S/C18H25ClN4O3/c1-20-16(24)9-12-3-5-23(6-4-12)18(21-2)22-10-13-7-14(19)17-15(8-13)25-11-26-17/h7-8,12H,3-6,9-11H2,1-2H3,(H,20,24)(H,21,22). The fraction of sp³-hybridized carbons (Fsp3) is 0.556. The molecule has 0 bridgehead atoms. The molecule has 1 aromatic rings. The van der Waals surface area contributed by atoms with Crippen molar-refractivity contribution in [1.82, 2.24) is 15.5 Å². The van der Waals surface area contributed by atoms with Crippen LogP contribution in [0.3, 0.4) is 0 Å².